The van der Waals surface area contributed by atoms with E-state index < -0.39 is 0 Å². The highest BCUT2D eigenvalue weighted by Crippen LogP contribution is 2.48. The van der Waals surface area contributed by atoms with E-state index in [4.69, 9.17) is 8.83 Å². The van der Waals surface area contributed by atoms with Gasteiger partial charge in [-0.2, -0.15) is 0 Å². The Labute approximate surface area is 316 Å². The number of carbonyl (C=O) groups is 2. The van der Waals surface area contributed by atoms with E-state index in [2.05, 4.69) is 27.7 Å². The number of unbranched alkanes of at least 4 members (excludes halogenated alkanes) is 16. The summed E-state index contributed by atoms with van der Waals surface area (Å²) in [6, 6.07) is 7.55. The number of rotatable bonds is 30. The van der Waals surface area contributed by atoms with Gasteiger partial charge in [-0.1, -0.05) is 156 Å². The molecule has 290 valence electrons. The van der Waals surface area contributed by atoms with Gasteiger partial charge in [0.2, 0.25) is 0 Å². The number of hydrogen-bond acceptors (Lipinski definition) is 4. The molecular weight excluding hydrogens is 645 g/mol. The topological polar surface area (TPSA) is 66.9 Å². The molecular formula is C46H72N2O4. The second-order valence-corrected chi connectivity index (χ2v) is 15.8. The maximum atomic E-state index is 14.8. The van der Waals surface area contributed by atoms with Crippen LogP contribution in [0.15, 0.2) is 56.8 Å². The molecule has 2 aromatic rings. The molecule has 0 N–H and O–H groups in total. The van der Waals surface area contributed by atoms with Crippen LogP contribution in [0.3, 0.4) is 0 Å². The van der Waals surface area contributed by atoms with Crippen molar-refractivity contribution in [3.63, 3.8) is 0 Å². The average Bonchev–Trinajstić information content (AvgIpc) is 3.96. The molecule has 0 saturated carbocycles. The quantitative estimate of drug-likeness (QED) is 0.0755. The zero-order chi connectivity index (χ0) is 37.0. The number of fused-ring (bicyclic) bond motifs is 1. The normalized spacial score (nSPS) is 15.8. The molecule has 0 saturated heterocycles. The van der Waals surface area contributed by atoms with Crippen LogP contribution >= 0.6 is 0 Å². The molecule has 0 bridgehead atoms. The Bertz CT molecular complexity index is 1250. The van der Waals surface area contributed by atoms with Crippen LogP contribution in [0, 0.1) is 11.8 Å². The third kappa shape index (κ3) is 12.0. The molecule has 0 fully saturated rings. The van der Waals surface area contributed by atoms with Gasteiger partial charge in [0.1, 0.15) is 11.4 Å². The van der Waals surface area contributed by atoms with Crippen molar-refractivity contribution >= 4 is 23.2 Å². The zero-order valence-corrected chi connectivity index (χ0v) is 33.5. The van der Waals surface area contributed by atoms with Crippen molar-refractivity contribution in [1.82, 2.24) is 9.80 Å². The van der Waals surface area contributed by atoms with Crippen LogP contribution in [0.2, 0.25) is 0 Å². The average molecular weight is 717 g/mol. The standard InChI is InChI=1S/C46H72N2O4/c1-5-9-13-17-19-23-29-37(27-21-15-11-7-3)35-47-43(39-31-25-33-51-39)41-42(45(47)49)44(40-32-26-34-52-40)48(46(41)50)36-38(28-22-16-12-8-4)30-24-20-18-14-10-6-2/h25-26,31-34,37-38H,5-24,27-30,35-36H2,1-4H3. The lowest BCUT2D eigenvalue weighted by atomic mass is 9.93. The summed E-state index contributed by atoms with van der Waals surface area (Å²) in [4.78, 5) is 33.5. The van der Waals surface area contributed by atoms with Crippen molar-refractivity contribution in [3.8, 4) is 0 Å². The van der Waals surface area contributed by atoms with Crippen LogP contribution < -0.4 is 0 Å². The van der Waals surface area contributed by atoms with Gasteiger partial charge >= 0.3 is 0 Å². The van der Waals surface area contributed by atoms with Crippen LogP contribution in [0.25, 0.3) is 11.4 Å². The highest BCUT2D eigenvalue weighted by atomic mass is 16.3. The second kappa shape index (κ2) is 23.6. The van der Waals surface area contributed by atoms with Crippen molar-refractivity contribution < 1.29 is 18.4 Å². The number of nitrogens with zero attached hydrogens (tertiary/aromatic N) is 2. The molecule has 0 spiro atoms. The Morgan fingerprint density at radius 2 is 0.769 bits per heavy atom. The van der Waals surface area contributed by atoms with Gasteiger partial charge in [-0.15, -0.1) is 0 Å². The van der Waals surface area contributed by atoms with Gasteiger partial charge in [0, 0.05) is 13.1 Å². The molecule has 2 aliphatic heterocycles. The maximum absolute atomic E-state index is 14.8. The minimum absolute atomic E-state index is 0.0828. The van der Waals surface area contributed by atoms with Crippen LogP contribution in [-0.4, -0.2) is 34.7 Å². The molecule has 2 amide bonds. The van der Waals surface area contributed by atoms with Crippen LogP contribution in [0.5, 0.6) is 0 Å². The molecule has 2 aromatic heterocycles. The van der Waals surface area contributed by atoms with E-state index in [9.17, 15) is 9.59 Å². The molecule has 2 unspecified atom stereocenters. The molecule has 0 aliphatic carbocycles. The summed E-state index contributed by atoms with van der Waals surface area (Å²) in [5.74, 6) is 1.78. The number of carbonyl (C=O) groups excluding carboxylic acids is 2. The monoisotopic (exact) mass is 717 g/mol. The van der Waals surface area contributed by atoms with E-state index in [1.54, 1.807) is 12.5 Å². The minimum atomic E-state index is -0.0828. The molecule has 52 heavy (non-hydrogen) atoms. The molecule has 4 heterocycles. The smallest absolute Gasteiger partial charge is 0.261 e. The number of amides is 2. The largest absolute Gasteiger partial charge is 0.463 e. The highest BCUT2D eigenvalue weighted by Gasteiger charge is 2.50. The SMILES string of the molecule is CCCCCCCCC(CCCCCC)CN1C(=O)C2=C(c3ccco3)N(CC(CCCCCC)CCCCCCCC)C(=O)C2=C1c1ccco1. The van der Waals surface area contributed by atoms with Gasteiger partial charge < -0.3 is 18.6 Å². The molecule has 0 aromatic carbocycles. The Kier molecular flexibility index (Phi) is 18.9. The molecule has 6 nitrogen and oxygen atoms in total. The first kappa shape index (κ1) is 41.7. The Hall–Kier alpha value is -3.02. The second-order valence-electron chi connectivity index (χ2n) is 15.8. The molecule has 4 rings (SSSR count). The van der Waals surface area contributed by atoms with Crippen LogP contribution in [0.1, 0.15) is 193 Å². The Balaban J connectivity index is 1.63. The summed E-state index contributed by atoms with van der Waals surface area (Å²) >= 11 is 0. The van der Waals surface area contributed by atoms with E-state index in [0.717, 1.165) is 25.7 Å². The first-order valence-corrected chi connectivity index (χ1v) is 21.8. The summed E-state index contributed by atoms with van der Waals surface area (Å²) < 4.78 is 12.1. The summed E-state index contributed by atoms with van der Waals surface area (Å²) in [5, 5.41) is 0. The maximum Gasteiger partial charge on any atom is 0.261 e. The molecule has 6 heteroatoms. The predicted octanol–water partition coefficient (Wildman–Crippen LogP) is 13.4. The fourth-order valence-electron chi connectivity index (χ4n) is 8.40. The predicted molar refractivity (Wildman–Crippen MR) is 215 cm³/mol. The van der Waals surface area contributed by atoms with Crippen molar-refractivity contribution in [2.24, 2.45) is 11.8 Å². The minimum Gasteiger partial charge on any atom is -0.463 e. The van der Waals surface area contributed by atoms with Gasteiger partial charge in [-0.3, -0.25) is 9.59 Å². The summed E-state index contributed by atoms with van der Waals surface area (Å²) in [6.07, 6.45) is 32.6. The Morgan fingerprint density at radius 3 is 1.08 bits per heavy atom. The zero-order valence-electron chi connectivity index (χ0n) is 33.5. The van der Waals surface area contributed by atoms with Gasteiger partial charge in [0.25, 0.3) is 11.8 Å². The van der Waals surface area contributed by atoms with Gasteiger partial charge in [0.15, 0.2) is 11.5 Å². The van der Waals surface area contributed by atoms with Crippen molar-refractivity contribution in [3.05, 3.63) is 59.5 Å². The fraction of sp³-hybridized carbons (Fsp3) is 0.696. The third-order valence-corrected chi connectivity index (χ3v) is 11.4. The molecule has 0 radical (unpaired) electrons. The highest BCUT2D eigenvalue weighted by molar-refractivity contribution is 6.29. The van der Waals surface area contributed by atoms with Crippen LogP contribution in [0.4, 0.5) is 0 Å². The third-order valence-electron chi connectivity index (χ3n) is 11.4. The Morgan fingerprint density at radius 1 is 0.462 bits per heavy atom. The fourth-order valence-corrected chi connectivity index (χ4v) is 8.40. The van der Waals surface area contributed by atoms with Crippen molar-refractivity contribution in [2.75, 3.05) is 13.1 Å². The van der Waals surface area contributed by atoms with Gasteiger partial charge in [-0.05, 0) is 61.8 Å². The van der Waals surface area contributed by atoms with Gasteiger partial charge in [-0.25, -0.2) is 0 Å². The number of furan rings is 2. The lowest BCUT2D eigenvalue weighted by molar-refractivity contribution is -0.124. The number of hydrogen-bond donors (Lipinski definition) is 0. The lowest BCUT2D eigenvalue weighted by Gasteiger charge is -2.29. The van der Waals surface area contributed by atoms with E-state index in [-0.39, 0.29) is 11.8 Å². The van der Waals surface area contributed by atoms with E-state index in [1.807, 2.05) is 34.1 Å². The molecule has 2 atom stereocenters. The summed E-state index contributed by atoms with van der Waals surface area (Å²) in [7, 11) is 0. The van der Waals surface area contributed by atoms with Crippen molar-refractivity contribution in [2.45, 2.75) is 182 Å². The van der Waals surface area contributed by atoms with Crippen molar-refractivity contribution in [1.29, 1.82) is 0 Å². The van der Waals surface area contributed by atoms with Crippen LogP contribution in [-0.2, 0) is 9.59 Å². The van der Waals surface area contributed by atoms with E-state index in [1.165, 1.54) is 128 Å². The first-order chi connectivity index (χ1) is 25.5. The summed E-state index contributed by atoms with van der Waals surface area (Å²) in [6.45, 7) is 10.3. The summed E-state index contributed by atoms with van der Waals surface area (Å²) in [5.41, 5.74) is 2.30. The van der Waals surface area contributed by atoms with Gasteiger partial charge in [0.05, 0.1) is 23.7 Å². The van der Waals surface area contributed by atoms with E-state index >= 15 is 0 Å². The molecule has 2 aliphatic rings. The first-order valence-electron chi connectivity index (χ1n) is 21.8. The lowest BCUT2D eigenvalue weighted by Crippen LogP contribution is -2.34. The van der Waals surface area contributed by atoms with E-state index in [0.29, 0.717) is 59.0 Å².